The van der Waals surface area contributed by atoms with Gasteiger partial charge in [0.05, 0.1) is 0 Å². The quantitative estimate of drug-likeness (QED) is 0.838. The molecule has 0 aliphatic heterocycles. The van der Waals surface area contributed by atoms with Crippen LogP contribution in [0.2, 0.25) is 0 Å². The van der Waals surface area contributed by atoms with Crippen LogP contribution < -0.4 is 4.72 Å². The Morgan fingerprint density at radius 1 is 1.39 bits per heavy atom. The van der Waals surface area contributed by atoms with Crippen LogP contribution in [-0.4, -0.2) is 33.2 Å². The molecule has 0 aliphatic carbocycles. The number of hydrogen-bond acceptors (Lipinski definition) is 5. The number of aryl methyl sites for hydroxylation is 3. The van der Waals surface area contributed by atoms with Crippen molar-refractivity contribution in [3.05, 3.63) is 17.8 Å². The summed E-state index contributed by atoms with van der Waals surface area (Å²) in [5, 5.41) is 6.23. The molecule has 2 aromatic heterocycles. The van der Waals surface area contributed by atoms with Crippen molar-refractivity contribution in [1.82, 2.24) is 24.7 Å². The third-order valence-electron chi connectivity index (χ3n) is 2.39. The lowest BCUT2D eigenvalue weighted by Crippen LogP contribution is -2.14. The third kappa shape index (κ3) is 2.35. The Morgan fingerprint density at radius 3 is 2.61 bits per heavy atom. The molecule has 0 saturated carbocycles. The second-order valence-corrected chi connectivity index (χ2v) is 5.39. The topological polar surface area (TPSA) is 106 Å². The average molecular weight is 270 g/mol. The predicted molar refractivity (Wildman–Crippen MR) is 64.6 cm³/mol. The fourth-order valence-electron chi connectivity index (χ4n) is 1.49. The Kier molecular flexibility index (Phi) is 3.07. The molecule has 9 heteroatoms. The highest BCUT2D eigenvalue weighted by Gasteiger charge is 2.20. The molecule has 0 fully saturated rings. The lowest BCUT2D eigenvalue weighted by Gasteiger charge is -1.99. The summed E-state index contributed by atoms with van der Waals surface area (Å²) >= 11 is 0. The van der Waals surface area contributed by atoms with E-state index in [4.69, 9.17) is 0 Å². The smallest absolute Gasteiger partial charge is 0.283 e. The molecule has 2 N–H and O–H groups in total. The van der Waals surface area contributed by atoms with Crippen LogP contribution in [0.25, 0.3) is 0 Å². The number of aromatic amines is 1. The molecule has 0 saturated heterocycles. The van der Waals surface area contributed by atoms with Crippen molar-refractivity contribution < 1.29 is 8.42 Å². The average Bonchev–Trinajstić information content (AvgIpc) is 2.84. The standard InChI is InChI=1S/C9H14N6O2S/c1-4-15-5-8(11-7(15)3)18(16,17)14-9-10-6(2)12-13-9/h5H,4H2,1-3H3,(H2,10,12,13,14). The van der Waals surface area contributed by atoms with E-state index in [2.05, 4.69) is 24.9 Å². The summed E-state index contributed by atoms with van der Waals surface area (Å²) in [6.45, 7) is 6.01. The monoisotopic (exact) mass is 270 g/mol. The van der Waals surface area contributed by atoms with Gasteiger partial charge in [-0.2, -0.15) is 13.4 Å². The maximum Gasteiger partial charge on any atom is 0.283 e. The minimum atomic E-state index is -3.74. The van der Waals surface area contributed by atoms with Crippen LogP contribution in [0.1, 0.15) is 18.6 Å². The van der Waals surface area contributed by atoms with Crippen molar-refractivity contribution in [2.24, 2.45) is 0 Å². The van der Waals surface area contributed by atoms with Gasteiger partial charge in [0.25, 0.3) is 16.0 Å². The van der Waals surface area contributed by atoms with Gasteiger partial charge >= 0.3 is 0 Å². The highest BCUT2D eigenvalue weighted by molar-refractivity contribution is 7.92. The molecule has 0 spiro atoms. The number of imidazole rings is 1. The fourth-order valence-corrected chi connectivity index (χ4v) is 2.44. The molecular weight excluding hydrogens is 256 g/mol. The molecule has 0 unspecified atom stereocenters. The SMILES string of the molecule is CCn1cc(S(=O)(=O)Nc2n[nH]c(C)n2)nc1C. The van der Waals surface area contributed by atoms with E-state index in [9.17, 15) is 8.42 Å². The van der Waals surface area contributed by atoms with E-state index in [0.29, 0.717) is 18.2 Å². The summed E-state index contributed by atoms with van der Waals surface area (Å²) in [7, 11) is -3.74. The van der Waals surface area contributed by atoms with Gasteiger partial charge in [-0.15, -0.1) is 5.10 Å². The molecular formula is C9H14N6O2S. The van der Waals surface area contributed by atoms with Crippen LogP contribution in [0.4, 0.5) is 5.95 Å². The Balaban J connectivity index is 2.30. The van der Waals surface area contributed by atoms with Gasteiger partial charge in [0.15, 0.2) is 5.03 Å². The number of hydrogen-bond donors (Lipinski definition) is 2. The zero-order chi connectivity index (χ0) is 13.3. The van der Waals surface area contributed by atoms with Gasteiger partial charge < -0.3 is 4.57 Å². The van der Waals surface area contributed by atoms with Gasteiger partial charge in [0.1, 0.15) is 11.6 Å². The van der Waals surface area contributed by atoms with Crippen molar-refractivity contribution in [2.75, 3.05) is 4.72 Å². The molecule has 2 heterocycles. The maximum absolute atomic E-state index is 12.0. The lowest BCUT2D eigenvalue weighted by atomic mass is 10.6. The Labute approximate surface area is 105 Å². The van der Waals surface area contributed by atoms with Crippen LogP contribution in [0, 0.1) is 13.8 Å². The van der Waals surface area contributed by atoms with Crippen LogP contribution >= 0.6 is 0 Å². The third-order valence-corrected chi connectivity index (χ3v) is 3.59. The Hall–Kier alpha value is -1.90. The van der Waals surface area contributed by atoms with Crippen molar-refractivity contribution in [1.29, 1.82) is 0 Å². The molecule has 8 nitrogen and oxygen atoms in total. The first-order valence-corrected chi connectivity index (χ1v) is 6.86. The normalized spacial score (nSPS) is 11.7. The van der Waals surface area contributed by atoms with E-state index >= 15 is 0 Å². The highest BCUT2D eigenvalue weighted by Crippen LogP contribution is 2.12. The van der Waals surface area contributed by atoms with Gasteiger partial charge in [-0.3, -0.25) is 5.10 Å². The summed E-state index contributed by atoms with van der Waals surface area (Å²) < 4.78 is 28.0. The summed E-state index contributed by atoms with van der Waals surface area (Å²) in [4.78, 5) is 7.88. The highest BCUT2D eigenvalue weighted by atomic mass is 32.2. The summed E-state index contributed by atoms with van der Waals surface area (Å²) in [5.74, 6) is 1.18. The van der Waals surface area contributed by atoms with E-state index < -0.39 is 10.0 Å². The fraction of sp³-hybridized carbons (Fsp3) is 0.444. The minimum absolute atomic E-state index is 0.0104. The zero-order valence-electron chi connectivity index (χ0n) is 10.3. The van der Waals surface area contributed by atoms with Crippen LogP contribution in [0.15, 0.2) is 11.2 Å². The second-order valence-electron chi connectivity index (χ2n) is 3.76. The number of rotatable bonds is 4. The molecule has 98 valence electrons. The van der Waals surface area contributed by atoms with E-state index in [-0.39, 0.29) is 11.0 Å². The van der Waals surface area contributed by atoms with Gasteiger partial charge in [-0.25, -0.2) is 9.71 Å². The molecule has 0 atom stereocenters. The van der Waals surface area contributed by atoms with Crippen LogP contribution in [0.5, 0.6) is 0 Å². The van der Waals surface area contributed by atoms with Gasteiger partial charge in [-0.1, -0.05) is 0 Å². The van der Waals surface area contributed by atoms with E-state index in [1.165, 1.54) is 6.20 Å². The summed E-state index contributed by atoms with van der Waals surface area (Å²) in [6.07, 6.45) is 1.48. The molecule has 2 rings (SSSR count). The maximum atomic E-state index is 12.0. The van der Waals surface area contributed by atoms with Crippen molar-refractivity contribution in [2.45, 2.75) is 32.3 Å². The van der Waals surface area contributed by atoms with Crippen molar-refractivity contribution >= 4 is 16.0 Å². The first-order chi connectivity index (χ1) is 8.42. The number of nitrogens with one attached hydrogen (secondary N) is 2. The number of H-pyrrole nitrogens is 1. The van der Waals surface area contributed by atoms with Crippen molar-refractivity contribution in [3.63, 3.8) is 0 Å². The van der Waals surface area contributed by atoms with Gasteiger partial charge in [0.2, 0.25) is 0 Å². The van der Waals surface area contributed by atoms with E-state index in [1.54, 1.807) is 18.4 Å². The minimum Gasteiger partial charge on any atom is -0.334 e. The Bertz CT molecular complexity index is 656. The number of anilines is 1. The Morgan fingerprint density at radius 2 is 2.11 bits per heavy atom. The molecule has 0 amide bonds. The summed E-state index contributed by atoms with van der Waals surface area (Å²) in [5.41, 5.74) is 0. The molecule has 0 aromatic carbocycles. The molecule has 0 radical (unpaired) electrons. The van der Waals surface area contributed by atoms with Gasteiger partial charge in [-0.05, 0) is 20.8 Å². The predicted octanol–water partition coefficient (Wildman–Crippen LogP) is 0.439. The van der Waals surface area contributed by atoms with Crippen LogP contribution in [0.3, 0.4) is 0 Å². The number of nitrogens with zero attached hydrogens (tertiary/aromatic N) is 4. The lowest BCUT2D eigenvalue weighted by molar-refractivity contribution is 0.597. The molecule has 18 heavy (non-hydrogen) atoms. The molecule has 0 aliphatic rings. The number of sulfonamides is 1. The van der Waals surface area contributed by atoms with Gasteiger partial charge in [0, 0.05) is 12.7 Å². The summed E-state index contributed by atoms with van der Waals surface area (Å²) in [6, 6.07) is 0. The molecule has 0 bridgehead atoms. The van der Waals surface area contributed by atoms with Crippen LogP contribution in [-0.2, 0) is 16.6 Å². The van der Waals surface area contributed by atoms with E-state index in [1.807, 2.05) is 6.92 Å². The van der Waals surface area contributed by atoms with E-state index in [0.717, 1.165) is 0 Å². The number of aromatic nitrogens is 5. The largest absolute Gasteiger partial charge is 0.334 e. The first kappa shape index (κ1) is 12.6. The van der Waals surface area contributed by atoms with Crippen molar-refractivity contribution in [3.8, 4) is 0 Å². The molecule has 2 aromatic rings. The first-order valence-electron chi connectivity index (χ1n) is 5.38. The zero-order valence-corrected chi connectivity index (χ0v) is 11.1. The second kappa shape index (κ2) is 4.41.